The molecular weight excluding hydrogens is 386 g/mol. The molecule has 0 aliphatic rings. The Morgan fingerprint density at radius 3 is 2.07 bits per heavy atom. The van der Waals surface area contributed by atoms with E-state index in [2.05, 4.69) is 10.6 Å². The molecule has 7 nitrogen and oxygen atoms in total. The van der Waals surface area contributed by atoms with Crippen LogP contribution in [0.2, 0.25) is 0 Å². The second-order valence-corrected chi connectivity index (χ2v) is 8.82. The molecule has 0 heterocycles. The van der Waals surface area contributed by atoms with Crippen molar-refractivity contribution in [1.29, 1.82) is 0 Å². The molecule has 2 amide bonds. The summed E-state index contributed by atoms with van der Waals surface area (Å²) in [4.78, 5) is 24.1. The zero-order valence-electron chi connectivity index (χ0n) is 14.9. The van der Waals surface area contributed by atoms with Gasteiger partial charge in [-0.2, -0.15) is 0 Å². The third-order valence-electron chi connectivity index (χ3n) is 3.62. The summed E-state index contributed by atoms with van der Waals surface area (Å²) in [6.45, 7) is 3.65. The summed E-state index contributed by atoms with van der Waals surface area (Å²) in [5.74, 6) is -0.347. The lowest BCUT2D eigenvalue weighted by Crippen LogP contribution is -2.25. The summed E-state index contributed by atoms with van der Waals surface area (Å²) in [5.41, 5.74) is 2.26. The first-order valence-corrected chi connectivity index (χ1v) is 10.7. The number of amides is 2. The van der Waals surface area contributed by atoms with E-state index in [9.17, 15) is 18.0 Å². The molecule has 144 valence electrons. The van der Waals surface area contributed by atoms with E-state index in [1.807, 2.05) is 31.2 Å². The van der Waals surface area contributed by atoms with E-state index in [0.29, 0.717) is 11.4 Å². The van der Waals surface area contributed by atoms with Crippen molar-refractivity contribution >= 4 is 45.0 Å². The Labute approximate surface area is 162 Å². The molecule has 1 atom stereocenters. The van der Waals surface area contributed by atoms with Gasteiger partial charge in [0.1, 0.15) is 0 Å². The molecule has 4 N–H and O–H groups in total. The third kappa shape index (κ3) is 6.70. The maximum Gasteiger partial charge on any atom is 0.238 e. The quantitative estimate of drug-likeness (QED) is 0.651. The number of carbonyl (C=O) groups excluding carboxylic acids is 2. The summed E-state index contributed by atoms with van der Waals surface area (Å²) < 4.78 is 22.4. The van der Waals surface area contributed by atoms with E-state index >= 15 is 0 Å². The average Bonchev–Trinajstić information content (AvgIpc) is 2.61. The first kappa shape index (κ1) is 20.9. The molecule has 0 unspecified atom stereocenters. The predicted molar refractivity (Wildman–Crippen MR) is 108 cm³/mol. The molecule has 0 aliphatic heterocycles. The highest BCUT2D eigenvalue weighted by atomic mass is 32.2. The molecule has 0 saturated carbocycles. The fraction of sp³-hybridized carbons (Fsp3) is 0.222. The Morgan fingerprint density at radius 1 is 1.00 bits per heavy atom. The van der Waals surface area contributed by atoms with Crippen LogP contribution in [-0.4, -0.2) is 31.2 Å². The van der Waals surface area contributed by atoms with Gasteiger partial charge in [0.25, 0.3) is 0 Å². The van der Waals surface area contributed by atoms with Gasteiger partial charge >= 0.3 is 0 Å². The van der Waals surface area contributed by atoms with Crippen LogP contribution in [0.15, 0.2) is 53.4 Å². The maximum atomic E-state index is 12.2. The topological polar surface area (TPSA) is 118 Å². The SMILES string of the molecule is Cc1ccc(NC(=O)CS[C@H](C)C(=O)Nc2ccc(S(N)(=O)=O)cc2)cc1. The van der Waals surface area contributed by atoms with Crippen LogP contribution in [-0.2, 0) is 19.6 Å². The molecule has 0 radical (unpaired) electrons. The first-order chi connectivity index (χ1) is 12.6. The van der Waals surface area contributed by atoms with Gasteiger partial charge in [-0.3, -0.25) is 9.59 Å². The van der Waals surface area contributed by atoms with Gasteiger partial charge in [0.05, 0.1) is 15.9 Å². The zero-order valence-corrected chi connectivity index (χ0v) is 16.6. The maximum absolute atomic E-state index is 12.2. The summed E-state index contributed by atoms with van der Waals surface area (Å²) in [6.07, 6.45) is 0. The van der Waals surface area contributed by atoms with Crippen molar-refractivity contribution in [3.05, 3.63) is 54.1 Å². The number of hydrogen-bond donors (Lipinski definition) is 3. The average molecular weight is 408 g/mol. The second-order valence-electron chi connectivity index (χ2n) is 5.93. The molecule has 0 bridgehead atoms. The Balaban J connectivity index is 1.82. The lowest BCUT2D eigenvalue weighted by atomic mass is 10.2. The number of nitrogens with one attached hydrogen (secondary N) is 2. The van der Waals surface area contributed by atoms with E-state index in [0.717, 1.165) is 5.56 Å². The van der Waals surface area contributed by atoms with Gasteiger partial charge in [0.2, 0.25) is 21.8 Å². The number of benzene rings is 2. The van der Waals surface area contributed by atoms with Crippen molar-refractivity contribution in [1.82, 2.24) is 0 Å². The number of rotatable bonds is 7. The number of sulfonamides is 1. The Kier molecular flexibility index (Phi) is 7.00. The van der Waals surface area contributed by atoms with Crippen LogP contribution < -0.4 is 15.8 Å². The van der Waals surface area contributed by atoms with Gasteiger partial charge in [-0.1, -0.05) is 17.7 Å². The fourth-order valence-electron chi connectivity index (χ4n) is 2.08. The van der Waals surface area contributed by atoms with Crippen LogP contribution in [0, 0.1) is 6.92 Å². The summed E-state index contributed by atoms with van der Waals surface area (Å²) in [6, 6.07) is 13.0. The number of carbonyl (C=O) groups is 2. The van der Waals surface area contributed by atoms with Crippen molar-refractivity contribution in [2.75, 3.05) is 16.4 Å². The molecule has 0 aromatic heterocycles. The van der Waals surface area contributed by atoms with E-state index in [4.69, 9.17) is 5.14 Å². The van der Waals surface area contributed by atoms with Gasteiger partial charge in [-0.25, -0.2) is 13.6 Å². The minimum absolute atomic E-state index is 0.0318. The van der Waals surface area contributed by atoms with Gasteiger partial charge in [0, 0.05) is 11.4 Å². The highest BCUT2D eigenvalue weighted by Crippen LogP contribution is 2.17. The smallest absolute Gasteiger partial charge is 0.238 e. The lowest BCUT2D eigenvalue weighted by molar-refractivity contribution is -0.115. The van der Waals surface area contributed by atoms with Crippen LogP contribution in [0.1, 0.15) is 12.5 Å². The van der Waals surface area contributed by atoms with Crippen molar-refractivity contribution in [3.63, 3.8) is 0 Å². The molecule has 2 aromatic carbocycles. The second kappa shape index (κ2) is 9.03. The Morgan fingerprint density at radius 2 is 1.52 bits per heavy atom. The Hall–Kier alpha value is -2.36. The van der Waals surface area contributed by atoms with E-state index in [1.165, 1.54) is 36.0 Å². The minimum atomic E-state index is -3.77. The standard InChI is InChI=1S/C18H21N3O4S2/c1-12-3-5-14(6-4-12)20-17(22)11-26-13(2)18(23)21-15-7-9-16(10-8-15)27(19,24)25/h3-10,13H,11H2,1-2H3,(H,20,22)(H,21,23)(H2,19,24,25)/t13-/m1/s1. The number of primary sulfonamides is 1. The van der Waals surface area contributed by atoms with Gasteiger partial charge in [0.15, 0.2) is 0 Å². The number of thioether (sulfide) groups is 1. The van der Waals surface area contributed by atoms with E-state index in [-0.39, 0.29) is 22.5 Å². The van der Waals surface area contributed by atoms with Crippen LogP contribution in [0.25, 0.3) is 0 Å². The fourth-order valence-corrected chi connectivity index (χ4v) is 3.28. The van der Waals surface area contributed by atoms with Crippen LogP contribution in [0.5, 0.6) is 0 Å². The number of hydrogen-bond acceptors (Lipinski definition) is 5. The summed E-state index contributed by atoms with van der Waals surface area (Å²) in [5, 5.41) is 10.0. The highest BCUT2D eigenvalue weighted by Gasteiger charge is 2.16. The molecule has 0 saturated heterocycles. The summed E-state index contributed by atoms with van der Waals surface area (Å²) >= 11 is 1.20. The van der Waals surface area contributed by atoms with Crippen molar-refractivity contribution in [3.8, 4) is 0 Å². The lowest BCUT2D eigenvalue weighted by Gasteiger charge is -2.12. The van der Waals surface area contributed by atoms with E-state index < -0.39 is 15.3 Å². The van der Waals surface area contributed by atoms with Crippen molar-refractivity contribution in [2.45, 2.75) is 24.0 Å². The van der Waals surface area contributed by atoms with Crippen LogP contribution in [0.4, 0.5) is 11.4 Å². The molecule has 2 rings (SSSR count). The van der Waals surface area contributed by atoms with Gasteiger partial charge in [-0.05, 0) is 50.2 Å². The monoisotopic (exact) mass is 407 g/mol. The number of aryl methyl sites for hydroxylation is 1. The molecule has 0 fully saturated rings. The number of anilines is 2. The van der Waals surface area contributed by atoms with Gasteiger partial charge < -0.3 is 10.6 Å². The highest BCUT2D eigenvalue weighted by molar-refractivity contribution is 8.01. The molecule has 9 heteroatoms. The molecule has 27 heavy (non-hydrogen) atoms. The first-order valence-electron chi connectivity index (χ1n) is 8.07. The third-order valence-corrected chi connectivity index (χ3v) is 5.69. The largest absolute Gasteiger partial charge is 0.325 e. The molecule has 0 aliphatic carbocycles. The zero-order chi connectivity index (χ0) is 20.0. The molecule has 0 spiro atoms. The number of nitrogens with two attached hydrogens (primary N) is 1. The van der Waals surface area contributed by atoms with Crippen LogP contribution in [0.3, 0.4) is 0 Å². The molecular formula is C18H21N3O4S2. The Bertz CT molecular complexity index is 911. The van der Waals surface area contributed by atoms with E-state index in [1.54, 1.807) is 6.92 Å². The normalized spacial score (nSPS) is 12.3. The van der Waals surface area contributed by atoms with Crippen molar-refractivity contribution in [2.24, 2.45) is 5.14 Å². The minimum Gasteiger partial charge on any atom is -0.325 e. The van der Waals surface area contributed by atoms with Crippen molar-refractivity contribution < 1.29 is 18.0 Å². The predicted octanol–water partition coefficient (Wildman–Crippen LogP) is 2.34. The van der Waals surface area contributed by atoms with Gasteiger partial charge in [-0.15, -0.1) is 11.8 Å². The summed E-state index contributed by atoms with van der Waals surface area (Å²) in [7, 11) is -3.77. The molecule has 2 aromatic rings. The van der Waals surface area contributed by atoms with Crippen LogP contribution >= 0.6 is 11.8 Å².